The van der Waals surface area contributed by atoms with E-state index in [-0.39, 0.29) is 4.70 Å². The zero-order valence-electron chi connectivity index (χ0n) is 6.35. The van der Waals surface area contributed by atoms with Gasteiger partial charge in [0.1, 0.15) is 17.1 Å². The third-order valence-electron chi connectivity index (χ3n) is 1.25. The van der Waals surface area contributed by atoms with Crippen molar-refractivity contribution in [3.8, 4) is 5.75 Å². The highest BCUT2D eigenvalue weighted by Crippen LogP contribution is 2.16. The molecule has 0 aromatic heterocycles. The van der Waals surface area contributed by atoms with E-state index in [1.807, 2.05) is 6.07 Å². The van der Waals surface area contributed by atoms with Crippen molar-refractivity contribution in [2.45, 2.75) is 6.92 Å². The van der Waals surface area contributed by atoms with Crippen molar-refractivity contribution in [1.29, 1.82) is 0 Å². The second-order valence-electron chi connectivity index (χ2n) is 2.05. The van der Waals surface area contributed by atoms with E-state index in [9.17, 15) is 8.76 Å². The van der Waals surface area contributed by atoms with E-state index >= 15 is 0 Å². The van der Waals surface area contributed by atoms with Gasteiger partial charge >= 0.3 is 0 Å². The highest BCUT2D eigenvalue weighted by molar-refractivity contribution is 7.74. The molecule has 0 N–H and O–H groups in total. The summed E-state index contributed by atoms with van der Waals surface area (Å²) >= 11 is -2.48. The Morgan fingerprint density at radius 2 is 2.00 bits per heavy atom. The summed E-state index contributed by atoms with van der Waals surface area (Å²) < 4.78 is 24.7. The molecule has 1 unspecified atom stereocenters. The zero-order valence-corrected chi connectivity index (χ0v) is 7.17. The number of halogens is 1. The molecule has 0 fully saturated rings. The maximum absolute atomic E-state index is 10.1. The van der Waals surface area contributed by atoms with Crippen molar-refractivity contribution >= 4 is 11.4 Å². The highest BCUT2D eigenvalue weighted by Gasteiger charge is 1.95. The average molecular weight is 191 g/mol. The fourth-order valence-corrected chi connectivity index (χ4v) is 1.06. The van der Waals surface area contributed by atoms with Gasteiger partial charge in [-0.05, 0) is 18.6 Å². The molecule has 0 saturated heterocycles. The predicted molar refractivity (Wildman–Crippen MR) is 43.2 cm³/mol. The summed E-state index contributed by atoms with van der Waals surface area (Å²) in [6, 6.07) is 6.92. The van der Waals surface area contributed by atoms with Crippen LogP contribution in [0.3, 0.4) is 0 Å². The fourth-order valence-electron chi connectivity index (χ4n) is 0.723. The fraction of sp³-hybridized carbons (Fsp3) is 0.143. The summed E-state index contributed by atoms with van der Waals surface area (Å²) in [5.74, 6) is 0.376. The van der Waals surface area contributed by atoms with Crippen LogP contribution in [0.4, 0.5) is 4.70 Å². The average Bonchev–Trinajstić information content (AvgIpc) is 1.93. The Labute approximate surface area is 72.2 Å². The van der Waals surface area contributed by atoms with Gasteiger partial charge in [-0.1, -0.05) is 18.2 Å². The van der Waals surface area contributed by atoms with Crippen LogP contribution in [-0.4, -0.2) is 8.76 Å². The second-order valence-corrected chi connectivity index (χ2v) is 2.63. The molecule has 0 spiro atoms. The first-order valence-electron chi connectivity index (χ1n) is 3.03. The molecule has 1 rings (SSSR count). The van der Waals surface area contributed by atoms with Crippen molar-refractivity contribution in [2.75, 3.05) is 0 Å². The molecule has 1 aromatic carbocycles. The zero-order chi connectivity index (χ0) is 8.27. The van der Waals surface area contributed by atoms with Gasteiger partial charge in [0.25, 0.3) is 0 Å². The molecule has 3 nitrogen and oxygen atoms in total. The van der Waals surface area contributed by atoms with Crippen LogP contribution < -0.4 is 4.18 Å². The lowest BCUT2D eigenvalue weighted by Gasteiger charge is -2.08. The van der Waals surface area contributed by atoms with Crippen LogP contribution in [0.25, 0.3) is 0 Å². The van der Waals surface area contributed by atoms with Crippen LogP contribution in [0.1, 0.15) is 5.56 Å². The number of hydrogen-bond acceptors (Lipinski definition) is 3. The van der Waals surface area contributed by atoms with Crippen LogP contribution in [0.5, 0.6) is 5.75 Å². The predicted octanol–water partition coefficient (Wildman–Crippen LogP) is 1.32. The molecule has 0 aliphatic rings. The molecule has 0 aliphatic carbocycles. The first kappa shape index (κ1) is 11.1. The summed E-state index contributed by atoms with van der Waals surface area (Å²) in [5.41, 5.74) is 0.803. The minimum atomic E-state index is -2.48. The van der Waals surface area contributed by atoms with E-state index in [1.165, 1.54) is 0 Å². The Morgan fingerprint density at radius 1 is 1.42 bits per heavy atom. The Balaban J connectivity index is 0.00000121. The number of hydrogen-bond donors (Lipinski definition) is 0. The van der Waals surface area contributed by atoms with E-state index < -0.39 is 11.4 Å². The van der Waals surface area contributed by atoms with Gasteiger partial charge in [-0.25, -0.2) is 4.21 Å². The first-order chi connectivity index (χ1) is 5.20. The largest absolute Gasteiger partial charge is 0.740 e. The topological polar surface area (TPSA) is 49.4 Å². The van der Waals surface area contributed by atoms with Crippen LogP contribution >= 0.6 is 0 Å². The Kier molecular flexibility index (Phi) is 4.46. The lowest BCUT2D eigenvalue weighted by atomic mass is 10.2. The third-order valence-corrected chi connectivity index (χ3v) is 1.57. The van der Waals surface area contributed by atoms with Crippen molar-refractivity contribution in [3.63, 3.8) is 0 Å². The quantitative estimate of drug-likeness (QED) is 0.662. The maximum atomic E-state index is 10.1. The number of aryl methyl sites for hydroxylation is 1. The standard InChI is InChI=1S/C7H8O3S.FH/c1-6-4-2-3-5-7(6)10-11(8)9;/h2-5H,1H3,(H,8,9);1H/p-1. The second kappa shape index (κ2) is 4.84. The molecule has 0 saturated carbocycles. The van der Waals surface area contributed by atoms with Gasteiger partial charge in [-0.15, -0.1) is 0 Å². The number of rotatable bonds is 2. The smallest absolute Gasteiger partial charge is 0.142 e. The maximum Gasteiger partial charge on any atom is 0.142 e. The van der Waals surface area contributed by atoms with E-state index in [0.29, 0.717) is 5.75 Å². The van der Waals surface area contributed by atoms with Gasteiger partial charge in [0.2, 0.25) is 0 Å². The molecule has 0 heterocycles. The van der Waals surface area contributed by atoms with Gasteiger partial charge in [0.05, 0.1) is 0 Å². The van der Waals surface area contributed by atoms with E-state index in [1.54, 1.807) is 25.1 Å². The monoisotopic (exact) mass is 191 g/mol. The summed E-state index contributed by atoms with van der Waals surface area (Å²) in [5, 5.41) is 0. The lowest BCUT2D eigenvalue weighted by molar-refractivity contribution is 0.439. The van der Waals surface area contributed by atoms with Crippen LogP contribution in [0, 0.1) is 6.92 Å². The summed E-state index contributed by atoms with van der Waals surface area (Å²) in [6.45, 7) is 1.78. The molecule has 0 radical (unpaired) electrons. The van der Waals surface area contributed by atoms with Gasteiger partial charge in [-0.3, -0.25) is 4.70 Å². The van der Waals surface area contributed by atoms with Crippen molar-refractivity contribution in [1.82, 2.24) is 0 Å². The van der Waals surface area contributed by atoms with Crippen LogP contribution in [0.2, 0.25) is 0 Å². The van der Waals surface area contributed by atoms with Crippen molar-refractivity contribution in [3.05, 3.63) is 29.8 Å². The van der Waals surface area contributed by atoms with Gasteiger partial charge in [0.15, 0.2) is 0 Å². The minimum absolute atomic E-state index is 0. The van der Waals surface area contributed by atoms with Gasteiger partial charge in [-0.2, -0.15) is 0 Å². The summed E-state index contributed by atoms with van der Waals surface area (Å²) in [6.07, 6.45) is 0. The van der Waals surface area contributed by atoms with E-state index in [2.05, 4.69) is 4.18 Å². The molecule has 1 atom stereocenters. The van der Waals surface area contributed by atoms with Crippen LogP contribution in [-0.2, 0) is 11.4 Å². The lowest BCUT2D eigenvalue weighted by Crippen LogP contribution is -1.98. The highest BCUT2D eigenvalue weighted by atomic mass is 32.2. The SMILES string of the molecule is Cc1ccccc1OS(=O)[O-].F. The Hall–Kier alpha value is -0.940. The molecular weight excluding hydrogens is 183 g/mol. The normalized spacial score (nSPS) is 11.5. The summed E-state index contributed by atoms with van der Waals surface area (Å²) in [7, 11) is 0. The molecular formula is C7H8FO3S-. The van der Waals surface area contributed by atoms with Crippen LogP contribution in [0.15, 0.2) is 24.3 Å². The number of para-hydroxylation sites is 1. The van der Waals surface area contributed by atoms with Crippen molar-refractivity contribution < 1.29 is 17.6 Å². The third kappa shape index (κ3) is 2.98. The van der Waals surface area contributed by atoms with Crippen molar-refractivity contribution in [2.24, 2.45) is 0 Å². The van der Waals surface area contributed by atoms with Gasteiger partial charge < -0.3 is 8.74 Å². The molecule has 1 aromatic rings. The molecule has 0 bridgehead atoms. The molecule has 0 amide bonds. The molecule has 0 aliphatic heterocycles. The van der Waals surface area contributed by atoms with E-state index in [0.717, 1.165) is 5.56 Å². The van der Waals surface area contributed by atoms with Gasteiger partial charge in [0, 0.05) is 0 Å². The Morgan fingerprint density at radius 3 is 2.50 bits per heavy atom. The Bertz CT molecular complexity index is 277. The number of benzene rings is 1. The minimum Gasteiger partial charge on any atom is -0.740 e. The molecule has 68 valence electrons. The summed E-state index contributed by atoms with van der Waals surface area (Å²) in [4.78, 5) is 0. The molecule has 12 heavy (non-hydrogen) atoms. The van der Waals surface area contributed by atoms with E-state index in [4.69, 9.17) is 0 Å². The molecule has 5 heteroatoms. The first-order valence-corrected chi connectivity index (χ1v) is 4.03.